The van der Waals surface area contributed by atoms with Crippen molar-refractivity contribution < 1.29 is 4.74 Å². The second kappa shape index (κ2) is 3.56. The second-order valence-electron chi connectivity index (χ2n) is 3.24. The summed E-state index contributed by atoms with van der Waals surface area (Å²) in [6.07, 6.45) is 0.900. The minimum atomic E-state index is 0.575. The van der Waals surface area contributed by atoms with Crippen molar-refractivity contribution in [2.24, 2.45) is 13.0 Å². The van der Waals surface area contributed by atoms with Gasteiger partial charge in [0.15, 0.2) is 5.82 Å². The van der Waals surface area contributed by atoms with Gasteiger partial charge in [-0.25, -0.2) is 4.68 Å². The Morgan fingerprint density at radius 1 is 1.50 bits per heavy atom. The summed E-state index contributed by atoms with van der Waals surface area (Å²) in [5.74, 6) is 1.43. The molecule has 0 spiro atoms. The highest BCUT2D eigenvalue weighted by molar-refractivity contribution is 4.97. The molecule has 1 aromatic rings. The first-order valence-electron chi connectivity index (χ1n) is 4.07. The third-order valence-corrected chi connectivity index (χ3v) is 1.54. The number of hydrogen-bond acceptors (Lipinski definition) is 3. The number of aromatic nitrogens is 3. The lowest BCUT2D eigenvalue weighted by Gasteiger charge is -1.96. The molecule has 0 unspecified atom stereocenters. The quantitative estimate of drug-likeness (QED) is 0.678. The van der Waals surface area contributed by atoms with Crippen molar-refractivity contribution in [1.82, 2.24) is 14.8 Å². The molecule has 0 saturated heterocycles. The molecule has 1 aromatic heterocycles. The summed E-state index contributed by atoms with van der Waals surface area (Å²) in [6, 6.07) is 0.575. The Balaban J connectivity index is 2.75. The number of rotatable bonds is 3. The summed E-state index contributed by atoms with van der Waals surface area (Å²) >= 11 is 0. The summed E-state index contributed by atoms with van der Waals surface area (Å²) in [5, 5.41) is 4.20. The van der Waals surface area contributed by atoms with Crippen LogP contribution in [0.25, 0.3) is 0 Å². The van der Waals surface area contributed by atoms with Gasteiger partial charge in [-0.2, -0.15) is 10.1 Å². The molecule has 0 atom stereocenters. The van der Waals surface area contributed by atoms with Crippen molar-refractivity contribution in [3.8, 4) is 6.01 Å². The molecular weight excluding hydrogens is 154 g/mol. The fourth-order valence-electron chi connectivity index (χ4n) is 1.05. The van der Waals surface area contributed by atoms with Crippen LogP contribution in [0.3, 0.4) is 0 Å². The Labute approximate surface area is 72.6 Å². The lowest BCUT2D eigenvalue weighted by Crippen LogP contribution is -1.97. The van der Waals surface area contributed by atoms with Gasteiger partial charge in [0.2, 0.25) is 0 Å². The van der Waals surface area contributed by atoms with Crippen molar-refractivity contribution in [3.05, 3.63) is 5.82 Å². The molecule has 4 nitrogen and oxygen atoms in total. The zero-order chi connectivity index (χ0) is 9.14. The lowest BCUT2D eigenvalue weighted by atomic mass is 10.1. The highest BCUT2D eigenvalue weighted by atomic mass is 16.5. The van der Waals surface area contributed by atoms with Crippen LogP contribution in [0.2, 0.25) is 0 Å². The Hall–Kier alpha value is -1.06. The largest absolute Gasteiger partial charge is 0.467 e. The molecule has 0 aliphatic rings. The molecule has 0 aromatic carbocycles. The molecule has 0 radical (unpaired) electrons. The van der Waals surface area contributed by atoms with Gasteiger partial charge in [-0.15, -0.1) is 0 Å². The fourth-order valence-corrected chi connectivity index (χ4v) is 1.05. The normalized spacial score (nSPS) is 10.8. The molecule has 1 rings (SSSR count). The van der Waals surface area contributed by atoms with Crippen molar-refractivity contribution in [2.75, 3.05) is 7.11 Å². The summed E-state index contributed by atoms with van der Waals surface area (Å²) < 4.78 is 6.65. The first-order chi connectivity index (χ1) is 5.63. The van der Waals surface area contributed by atoms with Gasteiger partial charge in [-0.1, -0.05) is 13.8 Å². The first kappa shape index (κ1) is 9.03. The molecule has 4 heteroatoms. The van der Waals surface area contributed by atoms with E-state index in [0.29, 0.717) is 11.9 Å². The van der Waals surface area contributed by atoms with E-state index in [4.69, 9.17) is 4.74 Å². The van der Waals surface area contributed by atoms with E-state index in [1.165, 1.54) is 0 Å². The van der Waals surface area contributed by atoms with E-state index < -0.39 is 0 Å². The van der Waals surface area contributed by atoms with Gasteiger partial charge in [0.25, 0.3) is 0 Å². The summed E-state index contributed by atoms with van der Waals surface area (Å²) in [4.78, 5) is 4.20. The van der Waals surface area contributed by atoms with Crippen LogP contribution in [0, 0.1) is 5.92 Å². The maximum Gasteiger partial charge on any atom is 0.314 e. The lowest BCUT2D eigenvalue weighted by molar-refractivity contribution is 0.359. The van der Waals surface area contributed by atoms with E-state index in [0.717, 1.165) is 12.2 Å². The predicted molar refractivity (Wildman–Crippen MR) is 46.1 cm³/mol. The summed E-state index contributed by atoms with van der Waals surface area (Å²) in [5.41, 5.74) is 0. The molecule has 0 fully saturated rings. The number of methoxy groups -OCH3 is 1. The minimum Gasteiger partial charge on any atom is -0.467 e. The number of hydrogen-bond donors (Lipinski definition) is 0. The zero-order valence-corrected chi connectivity index (χ0v) is 8.03. The van der Waals surface area contributed by atoms with E-state index in [1.807, 2.05) is 7.05 Å². The molecule has 0 bridgehead atoms. The first-order valence-corrected chi connectivity index (χ1v) is 4.07. The second-order valence-corrected chi connectivity index (χ2v) is 3.24. The zero-order valence-electron chi connectivity index (χ0n) is 8.03. The summed E-state index contributed by atoms with van der Waals surface area (Å²) in [6.45, 7) is 4.28. The average Bonchev–Trinajstić information content (AvgIpc) is 2.29. The Morgan fingerprint density at radius 3 is 2.58 bits per heavy atom. The van der Waals surface area contributed by atoms with E-state index in [9.17, 15) is 0 Å². The SMILES string of the molecule is COc1nc(CC(C)C)nn1C. The van der Waals surface area contributed by atoms with Gasteiger partial charge >= 0.3 is 6.01 Å². The smallest absolute Gasteiger partial charge is 0.314 e. The monoisotopic (exact) mass is 169 g/mol. The molecule has 1 heterocycles. The minimum absolute atomic E-state index is 0.575. The summed E-state index contributed by atoms with van der Waals surface area (Å²) in [7, 11) is 3.43. The van der Waals surface area contributed by atoms with Crippen LogP contribution in [0.15, 0.2) is 0 Å². The van der Waals surface area contributed by atoms with Gasteiger partial charge in [-0.3, -0.25) is 0 Å². The van der Waals surface area contributed by atoms with E-state index in [2.05, 4.69) is 23.9 Å². The topological polar surface area (TPSA) is 39.9 Å². The maximum atomic E-state index is 5.00. The van der Waals surface area contributed by atoms with Gasteiger partial charge in [0, 0.05) is 13.5 Å². The van der Waals surface area contributed by atoms with E-state index >= 15 is 0 Å². The van der Waals surface area contributed by atoms with Crippen LogP contribution >= 0.6 is 0 Å². The van der Waals surface area contributed by atoms with Crippen LogP contribution in [-0.4, -0.2) is 21.9 Å². The third kappa shape index (κ3) is 1.96. The highest BCUT2D eigenvalue weighted by Crippen LogP contribution is 2.08. The van der Waals surface area contributed by atoms with E-state index in [-0.39, 0.29) is 0 Å². The van der Waals surface area contributed by atoms with Crippen molar-refractivity contribution in [2.45, 2.75) is 20.3 Å². The Kier molecular flexibility index (Phi) is 2.68. The van der Waals surface area contributed by atoms with Crippen LogP contribution in [0.4, 0.5) is 0 Å². The van der Waals surface area contributed by atoms with Gasteiger partial charge in [0.05, 0.1) is 7.11 Å². The molecule has 0 N–H and O–H groups in total. The number of aryl methyl sites for hydroxylation is 1. The number of ether oxygens (including phenoxy) is 1. The Bertz CT molecular complexity index is 255. The predicted octanol–water partition coefficient (Wildman–Crippen LogP) is 1.02. The molecule has 0 aliphatic heterocycles. The maximum absolute atomic E-state index is 5.00. The molecule has 12 heavy (non-hydrogen) atoms. The molecule has 0 amide bonds. The van der Waals surface area contributed by atoms with Gasteiger partial charge < -0.3 is 4.74 Å². The van der Waals surface area contributed by atoms with Crippen LogP contribution in [0.5, 0.6) is 6.01 Å². The molecular formula is C8H15N3O. The molecule has 0 saturated carbocycles. The van der Waals surface area contributed by atoms with Crippen LogP contribution in [-0.2, 0) is 13.5 Å². The van der Waals surface area contributed by atoms with Gasteiger partial charge in [0.1, 0.15) is 0 Å². The van der Waals surface area contributed by atoms with Crippen LogP contribution in [0.1, 0.15) is 19.7 Å². The van der Waals surface area contributed by atoms with E-state index in [1.54, 1.807) is 11.8 Å². The highest BCUT2D eigenvalue weighted by Gasteiger charge is 2.07. The third-order valence-electron chi connectivity index (χ3n) is 1.54. The van der Waals surface area contributed by atoms with Crippen LogP contribution < -0.4 is 4.74 Å². The van der Waals surface area contributed by atoms with Crippen molar-refractivity contribution >= 4 is 0 Å². The number of nitrogens with zero attached hydrogens (tertiary/aromatic N) is 3. The fraction of sp³-hybridized carbons (Fsp3) is 0.750. The molecule has 68 valence electrons. The Morgan fingerprint density at radius 2 is 2.17 bits per heavy atom. The average molecular weight is 169 g/mol. The van der Waals surface area contributed by atoms with Crippen molar-refractivity contribution in [1.29, 1.82) is 0 Å². The van der Waals surface area contributed by atoms with Gasteiger partial charge in [-0.05, 0) is 5.92 Å². The van der Waals surface area contributed by atoms with Crippen molar-refractivity contribution in [3.63, 3.8) is 0 Å². The molecule has 0 aliphatic carbocycles. The standard InChI is InChI=1S/C8H15N3O/c1-6(2)5-7-9-8(12-4)11(3)10-7/h6H,5H2,1-4H3.